The number of benzene rings is 4. The Morgan fingerprint density at radius 3 is 2.45 bits per heavy atom. The highest BCUT2D eigenvalue weighted by Gasteiger charge is 2.35. The third kappa shape index (κ3) is 7.91. The number of hydrogen-bond donors (Lipinski definition) is 1. The number of fused-ring (bicyclic) bond motifs is 8. The lowest BCUT2D eigenvalue weighted by Crippen LogP contribution is -2.35. The maximum absolute atomic E-state index is 14.2. The molecule has 2 amide bonds. The summed E-state index contributed by atoms with van der Waals surface area (Å²) in [6, 6.07) is 31.5. The van der Waals surface area contributed by atoms with Crippen molar-refractivity contribution in [3.05, 3.63) is 146 Å². The van der Waals surface area contributed by atoms with E-state index >= 15 is 0 Å². The molecule has 328 valence electrons. The van der Waals surface area contributed by atoms with E-state index in [0.717, 1.165) is 86.1 Å². The lowest BCUT2D eigenvalue weighted by Gasteiger charge is -2.24. The van der Waals surface area contributed by atoms with Gasteiger partial charge in [-0.25, -0.2) is 14.7 Å². The summed E-state index contributed by atoms with van der Waals surface area (Å²) in [5, 5.41) is 0.902. The van der Waals surface area contributed by atoms with E-state index < -0.39 is 12.0 Å². The van der Waals surface area contributed by atoms with Crippen LogP contribution in [0.5, 0.6) is 5.75 Å². The van der Waals surface area contributed by atoms with Gasteiger partial charge in [0, 0.05) is 36.9 Å². The number of nitrogens with zero attached hydrogens (tertiary/aromatic N) is 4. The van der Waals surface area contributed by atoms with Crippen molar-refractivity contribution >= 4 is 34.6 Å². The molecule has 0 bridgehead atoms. The lowest BCUT2D eigenvalue weighted by molar-refractivity contribution is -0.148. The van der Waals surface area contributed by atoms with E-state index in [1.54, 1.807) is 9.47 Å². The van der Waals surface area contributed by atoms with Crippen LogP contribution in [0.25, 0.3) is 33.4 Å². The average molecular weight is 860 g/mol. The molecule has 0 radical (unpaired) electrons. The highest BCUT2D eigenvalue weighted by molar-refractivity contribution is 5.90. The first-order chi connectivity index (χ1) is 31.2. The smallest absolute Gasteiger partial charge is 0.417 e. The molecular weight excluding hydrogens is 807 g/mol. The SMILES string of the molecule is CCc1c2c(nc3ccc(OCN(C(=O)OCC4c5ccccc5-c5ccc(CN(C)C(=O)CCCCCN)cc54)c4ccccc4)cc13)-c1cc3c(c(=O)n1C2)COC(=O)C3CC. The van der Waals surface area contributed by atoms with Gasteiger partial charge in [0.1, 0.15) is 19.0 Å². The summed E-state index contributed by atoms with van der Waals surface area (Å²) in [5.41, 5.74) is 17.0. The lowest BCUT2D eigenvalue weighted by atomic mass is 9.90. The number of rotatable bonds is 15. The molecule has 12 nitrogen and oxygen atoms in total. The van der Waals surface area contributed by atoms with Crippen molar-refractivity contribution in [1.82, 2.24) is 14.5 Å². The molecule has 0 fully saturated rings. The number of nitrogens with two attached hydrogens (primary N) is 1. The number of anilines is 1. The van der Waals surface area contributed by atoms with Crippen molar-refractivity contribution in [2.75, 3.05) is 31.8 Å². The minimum atomic E-state index is -0.550. The maximum atomic E-state index is 14.2. The Kier molecular flexibility index (Phi) is 12.0. The van der Waals surface area contributed by atoms with Crippen molar-refractivity contribution < 1.29 is 28.6 Å². The number of cyclic esters (lactones) is 1. The monoisotopic (exact) mass is 859 g/mol. The molecule has 3 aliphatic rings. The molecule has 0 saturated heterocycles. The predicted octanol–water partition coefficient (Wildman–Crippen LogP) is 8.81. The Hall–Kier alpha value is -6.79. The van der Waals surface area contributed by atoms with Gasteiger partial charge in [0.05, 0.1) is 40.6 Å². The molecule has 6 aromatic rings. The minimum Gasteiger partial charge on any atom is -0.473 e. The Labute approximate surface area is 372 Å². The molecular formula is C52H53N5O7. The standard InChI is InChI=1S/C52H53N5O7/c1-4-35-42-25-34(20-22-46(42)54-49-43(35)28-56-47(49)26-41-36(5-2)51(60)62-30-45(41)50(56)59)64-31-57(33-14-8-6-9-15-33)52(61)63-29-44-38-17-12-11-16-37(38)39-21-19-32(24-40(39)44)27-55(3)48(58)18-10-7-13-23-53/h6,8-9,11-12,14-17,19-22,24-26,36,44H,4-5,7,10,13,18,23,27-31,53H2,1-3H3. The predicted molar refractivity (Wildman–Crippen MR) is 246 cm³/mol. The van der Waals surface area contributed by atoms with E-state index in [-0.39, 0.29) is 43.3 Å². The topological polar surface area (TPSA) is 146 Å². The number of carbonyl (C=O) groups excluding carboxylic acids is 3. The molecule has 2 atom stereocenters. The summed E-state index contributed by atoms with van der Waals surface area (Å²) in [5.74, 6) is -0.332. The summed E-state index contributed by atoms with van der Waals surface area (Å²) in [7, 11) is 1.84. The third-order valence-electron chi connectivity index (χ3n) is 13.0. The van der Waals surface area contributed by atoms with Crippen molar-refractivity contribution in [2.24, 2.45) is 5.73 Å². The fraction of sp³-hybridized carbons (Fsp3) is 0.327. The number of pyridine rings is 2. The number of unbranched alkanes of at least 4 members (excludes halogenated alkanes) is 2. The Bertz CT molecular complexity index is 2840. The molecule has 0 spiro atoms. The molecule has 2 unspecified atom stereocenters. The van der Waals surface area contributed by atoms with Gasteiger partial charge in [-0.2, -0.15) is 0 Å². The van der Waals surface area contributed by atoms with Gasteiger partial charge in [-0.15, -0.1) is 0 Å². The largest absolute Gasteiger partial charge is 0.473 e. The van der Waals surface area contributed by atoms with Crippen LogP contribution in [0.15, 0.2) is 102 Å². The normalized spacial score (nSPS) is 15.4. The second-order valence-corrected chi connectivity index (χ2v) is 16.9. The first kappa shape index (κ1) is 42.5. The van der Waals surface area contributed by atoms with Gasteiger partial charge in [0.15, 0.2) is 6.73 Å². The summed E-state index contributed by atoms with van der Waals surface area (Å²) in [6.07, 6.45) is 3.86. The second kappa shape index (κ2) is 18.1. The van der Waals surface area contributed by atoms with Gasteiger partial charge in [-0.05, 0) is 108 Å². The number of esters is 1. The molecule has 12 heteroatoms. The van der Waals surface area contributed by atoms with Gasteiger partial charge >= 0.3 is 12.1 Å². The zero-order valence-corrected chi connectivity index (χ0v) is 36.6. The summed E-state index contributed by atoms with van der Waals surface area (Å²) >= 11 is 0. The van der Waals surface area contributed by atoms with Gasteiger partial charge in [-0.1, -0.05) is 80.9 Å². The fourth-order valence-electron chi connectivity index (χ4n) is 9.66. The Morgan fingerprint density at radius 2 is 1.66 bits per heavy atom. The molecule has 1 aliphatic carbocycles. The number of carbonyl (C=O) groups is 3. The number of ether oxygens (including phenoxy) is 3. The van der Waals surface area contributed by atoms with Crippen molar-refractivity contribution in [3.8, 4) is 28.3 Å². The first-order valence-corrected chi connectivity index (χ1v) is 22.4. The van der Waals surface area contributed by atoms with Crippen LogP contribution in [0, 0.1) is 0 Å². The molecule has 2 N–H and O–H groups in total. The number of hydrogen-bond acceptors (Lipinski definition) is 9. The van der Waals surface area contributed by atoms with Gasteiger partial charge in [-0.3, -0.25) is 14.4 Å². The van der Waals surface area contributed by atoms with Crippen LogP contribution in [0.1, 0.15) is 96.7 Å². The molecule has 4 aromatic carbocycles. The van der Waals surface area contributed by atoms with Gasteiger partial charge in [0.25, 0.3) is 5.56 Å². The average Bonchev–Trinajstić information content (AvgIpc) is 3.84. The number of aryl methyl sites for hydroxylation is 1. The Morgan fingerprint density at radius 1 is 0.859 bits per heavy atom. The molecule has 2 aliphatic heterocycles. The van der Waals surface area contributed by atoms with Crippen LogP contribution in [0.2, 0.25) is 0 Å². The van der Waals surface area contributed by atoms with Gasteiger partial charge in [0.2, 0.25) is 5.91 Å². The van der Waals surface area contributed by atoms with Crippen molar-refractivity contribution in [3.63, 3.8) is 0 Å². The highest BCUT2D eigenvalue weighted by Crippen LogP contribution is 2.46. The van der Waals surface area contributed by atoms with E-state index in [9.17, 15) is 19.2 Å². The Balaban J connectivity index is 0.940. The fourth-order valence-corrected chi connectivity index (χ4v) is 9.66. The van der Waals surface area contributed by atoms with Crippen LogP contribution < -0.4 is 20.9 Å². The minimum absolute atomic E-state index is 0.0210. The van der Waals surface area contributed by atoms with E-state index in [0.29, 0.717) is 55.9 Å². The molecule has 0 saturated carbocycles. The van der Waals surface area contributed by atoms with E-state index in [2.05, 4.69) is 37.3 Å². The second-order valence-electron chi connectivity index (χ2n) is 16.9. The van der Waals surface area contributed by atoms with Gasteiger partial charge < -0.3 is 29.4 Å². The third-order valence-corrected chi connectivity index (χ3v) is 13.0. The van der Waals surface area contributed by atoms with Crippen molar-refractivity contribution in [2.45, 2.75) is 83.9 Å². The van der Waals surface area contributed by atoms with Crippen LogP contribution in [-0.2, 0) is 45.2 Å². The molecule has 64 heavy (non-hydrogen) atoms. The quantitative estimate of drug-likeness (QED) is 0.0607. The van der Waals surface area contributed by atoms with Crippen LogP contribution in [0.4, 0.5) is 10.5 Å². The molecule has 2 aromatic heterocycles. The van der Waals surface area contributed by atoms with Crippen LogP contribution in [-0.4, -0.2) is 59.4 Å². The summed E-state index contributed by atoms with van der Waals surface area (Å²) < 4.78 is 19.7. The van der Waals surface area contributed by atoms with Crippen LogP contribution >= 0.6 is 0 Å². The number of aromatic nitrogens is 2. The number of amides is 2. The zero-order valence-electron chi connectivity index (χ0n) is 36.6. The van der Waals surface area contributed by atoms with Crippen LogP contribution in [0.3, 0.4) is 0 Å². The van der Waals surface area contributed by atoms with E-state index in [1.807, 2.05) is 80.7 Å². The first-order valence-electron chi connectivity index (χ1n) is 22.4. The van der Waals surface area contributed by atoms with E-state index in [1.165, 1.54) is 4.90 Å². The molecule has 9 rings (SSSR count). The number of para-hydroxylation sites is 1. The van der Waals surface area contributed by atoms with E-state index in [4.69, 9.17) is 24.9 Å². The summed E-state index contributed by atoms with van der Waals surface area (Å²) in [4.78, 5) is 61.9. The molecule has 4 heterocycles. The maximum Gasteiger partial charge on any atom is 0.417 e. The van der Waals surface area contributed by atoms with Crippen molar-refractivity contribution in [1.29, 1.82) is 0 Å². The summed E-state index contributed by atoms with van der Waals surface area (Å²) in [6.45, 7) is 5.46. The zero-order chi connectivity index (χ0) is 44.5. The highest BCUT2D eigenvalue weighted by atomic mass is 16.6.